The van der Waals surface area contributed by atoms with E-state index in [9.17, 15) is 0 Å². The van der Waals surface area contributed by atoms with E-state index in [-0.39, 0.29) is 0 Å². The topological polar surface area (TPSA) is 12.0 Å². The summed E-state index contributed by atoms with van der Waals surface area (Å²) in [4.78, 5) is 0. The predicted octanol–water partition coefficient (Wildman–Crippen LogP) is 3.40. The monoisotopic (exact) mass is 217 g/mol. The van der Waals surface area contributed by atoms with E-state index in [2.05, 4.69) is 49.5 Å². The summed E-state index contributed by atoms with van der Waals surface area (Å²) in [6.45, 7) is 5.83. The lowest BCUT2D eigenvalue weighted by molar-refractivity contribution is 0.222. The van der Waals surface area contributed by atoms with Crippen LogP contribution in [0, 0.1) is 5.92 Å². The van der Waals surface area contributed by atoms with Crippen LogP contribution in [0.5, 0.6) is 0 Å². The maximum absolute atomic E-state index is 3.59. The van der Waals surface area contributed by atoms with Crippen molar-refractivity contribution in [1.29, 1.82) is 0 Å². The average molecular weight is 217 g/mol. The standard InChI is InChI=1S/C15H23N/c1-15(2)12-14(10-11-16-15)9-8-13-6-4-3-5-7-13/h3-7,14,16H,8-12H2,1-2H3. The first kappa shape index (κ1) is 11.7. The molecule has 0 spiro atoms. The molecule has 88 valence electrons. The Hall–Kier alpha value is -0.820. The summed E-state index contributed by atoms with van der Waals surface area (Å²) < 4.78 is 0. The predicted molar refractivity (Wildman–Crippen MR) is 69.6 cm³/mol. The van der Waals surface area contributed by atoms with Crippen molar-refractivity contribution >= 4 is 0 Å². The van der Waals surface area contributed by atoms with Crippen molar-refractivity contribution < 1.29 is 0 Å². The summed E-state index contributed by atoms with van der Waals surface area (Å²) in [5, 5.41) is 3.59. The second-order valence-corrected chi connectivity index (χ2v) is 5.69. The van der Waals surface area contributed by atoms with Gasteiger partial charge in [-0.15, -0.1) is 0 Å². The van der Waals surface area contributed by atoms with Crippen LogP contribution in [0.25, 0.3) is 0 Å². The lowest BCUT2D eigenvalue weighted by Gasteiger charge is -2.36. The van der Waals surface area contributed by atoms with Crippen LogP contribution in [0.4, 0.5) is 0 Å². The Labute approximate surface area is 99.3 Å². The second-order valence-electron chi connectivity index (χ2n) is 5.69. The molecule has 1 nitrogen and oxygen atoms in total. The smallest absolute Gasteiger partial charge is 0.0127 e. The van der Waals surface area contributed by atoms with E-state index in [0.29, 0.717) is 5.54 Å². The molecular weight excluding hydrogens is 194 g/mol. The molecule has 1 heteroatoms. The number of rotatable bonds is 3. The van der Waals surface area contributed by atoms with Gasteiger partial charge in [-0.05, 0) is 57.6 Å². The van der Waals surface area contributed by atoms with E-state index in [0.717, 1.165) is 5.92 Å². The number of benzene rings is 1. The largest absolute Gasteiger partial charge is 0.312 e. The van der Waals surface area contributed by atoms with Gasteiger partial charge in [0.1, 0.15) is 0 Å². The molecular formula is C15H23N. The van der Waals surface area contributed by atoms with Gasteiger partial charge in [-0.3, -0.25) is 0 Å². The Bertz CT molecular complexity index is 315. The molecule has 1 fully saturated rings. The van der Waals surface area contributed by atoms with Gasteiger partial charge >= 0.3 is 0 Å². The van der Waals surface area contributed by atoms with E-state index in [1.807, 2.05) is 0 Å². The quantitative estimate of drug-likeness (QED) is 0.818. The minimum absolute atomic E-state index is 0.347. The molecule has 1 aromatic carbocycles. The second kappa shape index (κ2) is 5.01. The highest BCUT2D eigenvalue weighted by Crippen LogP contribution is 2.27. The zero-order valence-electron chi connectivity index (χ0n) is 10.5. The number of hydrogen-bond donors (Lipinski definition) is 1. The molecule has 0 amide bonds. The van der Waals surface area contributed by atoms with Crippen molar-refractivity contribution in [2.75, 3.05) is 6.54 Å². The van der Waals surface area contributed by atoms with Crippen LogP contribution in [0.15, 0.2) is 30.3 Å². The fraction of sp³-hybridized carbons (Fsp3) is 0.600. The maximum atomic E-state index is 3.59. The molecule has 1 saturated heterocycles. The molecule has 1 N–H and O–H groups in total. The Kier molecular flexibility index (Phi) is 3.65. The van der Waals surface area contributed by atoms with Crippen LogP contribution in [0.1, 0.15) is 38.7 Å². The Morgan fingerprint density at radius 2 is 2.00 bits per heavy atom. The number of nitrogens with one attached hydrogen (secondary N) is 1. The minimum atomic E-state index is 0.347. The van der Waals surface area contributed by atoms with Gasteiger partial charge in [-0.2, -0.15) is 0 Å². The summed E-state index contributed by atoms with van der Waals surface area (Å²) in [5.41, 5.74) is 1.83. The van der Waals surface area contributed by atoms with Crippen molar-refractivity contribution in [2.24, 2.45) is 5.92 Å². The van der Waals surface area contributed by atoms with E-state index >= 15 is 0 Å². The van der Waals surface area contributed by atoms with E-state index in [1.165, 1.54) is 37.8 Å². The number of piperidine rings is 1. The van der Waals surface area contributed by atoms with E-state index in [1.54, 1.807) is 0 Å². The van der Waals surface area contributed by atoms with Crippen LogP contribution in [0.2, 0.25) is 0 Å². The van der Waals surface area contributed by atoms with Crippen molar-refractivity contribution in [2.45, 2.75) is 45.1 Å². The molecule has 0 aromatic heterocycles. The molecule has 0 radical (unpaired) electrons. The Balaban J connectivity index is 1.82. The van der Waals surface area contributed by atoms with Gasteiger partial charge in [0.15, 0.2) is 0 Å². The average Bonchev–Trinajstić information content (AvgIpc) is 2.27. The molecule has 1 aromatic rings. The van der Waals surface area contributed by atoms with E-state index in [4.69, 9.17) is 0 Å². The third-order valence-electron chi connectivity index (χ3n) is 3.64. The minimum Gasteiger partial charge on any atom is -0.312 e. The van der Waals surface area contributed by atoms with Crippen LogP contribution < -0.4 is 5.32 Å². The molecule has 1 aliphatic heterocycles. The first-order valence-corrected chi connectivity index (χ1v) is 6.45. The van der Waals surface area contributed by atoms with Crippen LogP contribution >= 0.6 is 0 Å². The van der Waals surface area contributed by atoms with Gasteiger partial charge in [0.25, 0.3) is 0 Å². The highest BCUT2D eigenvalue weighted by Gasteiger charge is 2.26. The molecule has 1 aliphatic rings. The normalized spacial score (nSPS) is 24.2. The number of hydrogen-bond acceptors (Lipinski definition) is 1. The molecule has 16 heavy (non-hydrogen) atoms. The molecule has 1 heterocycles. The van der Waals surface area contributed by atoms with Crippen LogP contribution in [0.3, 0.4) is 0 Å². The third kappa shape index (κ3) is 3.34. The van der Waals surface area contributed by atoms with Gasteiger partial charge in [0.05, 0.1) is 0 Å². The summed E-state index contributed by atoms with van der Waals surface area (Å²) in [6.07, 6.45) is 5.24. The van der Waals surface area contributed by atoms with E-state index < -0.39 is 0 Å². The van der Waals surface area contributed by atoms with Crippen molar-refractivity contribution in [3.05, 3.63) is 35.9 Å². The SMILES string of the molecule is CC1(C)CC(CCc2ccccc2)CCN1. The molecule has 0 bridgehead atoms. The van der Waals surface area contributed by atoms with Crippen molar-refractivity contribution in [1.82, 2.24) is 5.32 Å². The van der Waals surface area contributed by atoms with Gasteiger partial charge in [0, 0.05) is 5.54 Å². The Morgan fingerprint density at radius 1 is 1.25 bits per heavy atom. The van der Waals surface area contributed by atoms with Gasteiger partial charge in [-0.25, -0.2) is 0 Å². The summed E-state index contributed by atoms with van der Waals surface area (Å²) in [6, 6.07) is 10.9. The lowest BCUT2D eigenvalue weighted by Crippen LogP contribution is -2.46. The Morgan fingerprint density at radius 3 is 2.69 bits per heavy atom. The molecule has 1 unspecified atom stereocenters. The molecule has 2 rings (SSSR count). The van der Waals surface area contributed by atoms with Crippen molar-refractivity contribution in [3.63, 3.8) is 0 Å². The summed E-state index contributed by atoms with van der Waals surface area (Å²) in [7, 11) is 0. The summed E-state index contributed by atoms with van der Waals surface area (Å²) >= 11 is 0. The molecule has 0 saturated carbocycles. The molecule has 1 atom stereocenters. The number of aryl methyl sites for hydroxylation is 1. The first-order valence-electron chi connectivity index (χ1n) is 6.45. The maximum Gasteiger partial charge on any atom is 0.0127 e. The fourth-order valence-electron chi connectivity index (χ4n) is 2.77. The highest BCUT2D eigenvalue weighted by molar-refractivity contribution is 5.14. The van der Waals surface area contributed by atoms with Gasteiger partial charge in [-0.1, -0.05) is 30.3 Å². The molecule has 0 aliphatic carbocycles. The summed E-state index contributed by atoms with van der Waals surface area (Å²) in [5.74, 6) is 0.899. The van der Waals surface area contributed by atoms with Crippen LogP contribution in [-0.2, 0) is 6.42 Å². The zero-order chi connectivity index (χ0) is 11.4. The lowest BCUT2D eigenvalue weighted by atomic mass is 9.81. The van der Waals surface area contributed by atoms with Gasteiger partial charge in [0.2, 0.25) is 0 Å². The third-order valence-corrected chi connectivity index (χ3v) is 3.64. The first-order chi connectivity index (χ1) is 7.66. The zero-order valence-corrected chi connectivity index (χ0v) is 10.5. The highest BCUT2D eigenvalue weighted by atomic mass is 15.0. The van der Waals surface area contributed by atoms with Gasteiger partial charge < -0.3 is 5.32 Å². The van der Waals surface area contributed by atoms with Crippen molar-refractivity contribution in [3.8, 4) is 0 Å². The fourth-order valence-corrected chi connectivity index (χ4v) is 2.77. The van der Waals surface area contributed by atoms with Crippen LogP contribution in [-0.4, -0.2) is 12.1 Å².